The maximum atomic E-state index is 10.4. The van der Waals surface area contributed by atoms with Crippen LogP contribution in [0, 0.1) is 15.5 Å². The third-order valence-electron chi connectivity index (χ3n) is 1.01. The molecule has 0 aliphatic heterocycles. The Morgan fingerprint density at radius 1 is 1.60 bits per heavy atom. The van der Waals surface area contributed by atoms with Gasteiger partial charge in [-0.15, -0.1) is 0 Å². The fourth-order valence-corrected chi connectivity index (χ4v) is 0.611. The number of hydrogen-bond acceptors (Lipinski definition) is 4. The monoisotopic (exact) mass is 144 g/mol. The lowest BCUT2D eigenvalue weighted by Gasteiger charge is -2.01. The summed E-state index contributed by atoms with van der Waals surface area (Å²) < 4.78 is 0. The molecule has 0 radical (unpaired) electrons. The van der Waals surface area contributed by atoms with E-state index in [2.05, 4.69) is 0 Å². The lowest BCUT2D eigenvalue weighted by molar-refractivity contribution is -0.488. The van der Waals surface area contributed by atoms with Crippen molar-refractivity contribution in [3.63, 3.8) is 0 Å². The predicted octanol–water partition coefficient (Wildman–Crippen LogP) is 0.260. The van der Waals surface area contributed by atoms with E-state index < -0.39 is 16.7 Å². The Balaban J connectivity index is 4.43. The van der Waals surface area contributed by atoms with Crippen LogP contribution in [0.15, 0.2) is 0 Å². The van der Waals surface area contributed by atoms with Gasteiger partial charge >= 0.3 is 6.04 Å². The van der Waals surface area contributed by atoms with Crippen LogP contribution in [0.3, 0.4) is 0 Å². The van der Waals surface area contributed by atoms with Crippen LogP contribution in [0.25, 0.3) is 0 Å². The first-order valence-electron chi connectivity index (χ1n) is 2.65. The highest BCUT2D eigenvalue weighted by Crippen LogP contribution is 1.93. The van der Waals surface area contributed by atoms with Crippen molar-refractivity contribution in [2.75, 3.05) is 0 Å². The Labute approximate surface area is 57.7 Å². The van der Waals surface area contributed by atoms with Gasteiger partial charge in [-0.05, 0) is 6.92 Å². The number of carbonyl (C=O) groups is 1. The summed E-state index contributed by atoms with van der Waals surface area (Å²) in [5, 5.41) is 16.9. The number of nitrogens with one attached hydrogen (secondary N) is 1. The largest absolute Gasteiger partial charge is 0.306 e. The van der Waals surface area contributed by atoms with E-state index in [4.69, 9.17) is 5.41 Å². The topological polar surface area (TPSA) is 84.1 Å². The number of rotatable bonds is 3. The van der Waals surface area contributed by atoms with Gasteiger partial charge in [-0.25, -0.2) is 0 Å². The lowest BCUT2D eigenvalue weighted by atomic mass is 10.1. The zero-order chi connectivity index (χ0) is 8.31. The highest BCUT2D eigenvalue weighted by molar-refractivity contribution is 6.04. The molecule has 1 atom stereocenters. The Morgan fingerprint density at radius 2 is 2.00 bits per heavy atom. The molecule has 0 aromatic carbocycles. The Morgan fingerprint density at radius 3 is 2.00 bits per heavy atom. The quantitative estimate of drug-likeness (QED) is 0.350. The van der Waals surface area contributed by atoms with E-state index in [0.717, 1.165) is 6.92 Å². The van der Waals surface area contributed by atoms with Gasteiger partial charge in [-0.2, -0.15) is 0 Å². The van der Waals surface area contributed by atoms with Crippen molar-refractivity contribution in [1.29, 1.82) is 5.41 Å². The third kappa shape index (κ3) is 1.93. The molecule has 0 heterocycles. The second-order valence-electron chi connectivity index (χ2n) is 1.98. The summed E-state index contributed by atoms with van der Waals surface area (Å²) in [6.07, 6.45) is 0. The molecule has 0 amide bonds. The smallest absolute Gasteiger partial charge is 0.302 e. The number of hydrogen-bond donors (Lipinski definition) is 1. The first-order chi connectivity index (χ1) is 4.46. The summed E-state index contributed by atoms with van der Waals surface area (Å²) in [6.45, 7) is 2.35. The minimum Gasteiger partial charge on any atom is -0.302 e. The summed E-state index contributed by atoms with van der Waals surface area (Å²) in [7, 11) is 0. The van der Waals surface area contributed by atoms with E-state index in [1.807, 2.05) is 0 Å². The van der Waals surface area contributed by atoms with Crippen molar-refractivity contribution in [3.05, 3.63) is 10.1 Å². The number of ketones is 1. The van der Waals surface area contributed by atoms with Crippen molar-refractivity contribution in [2.24, 2.45) is 0 Å². The normalized spacial score (nSPS) is 12.2. The van der Waals surface area contributed by atoms with Crippen LogP contribution in [0.2, 0.25) is 0 Å². The van der Waals surface area contributed by atoms with Crippen molar-refractivity contribution in [1.82, 2.24) is 0 Å². The van der Waals surface area contributed by atoms with Gasteiger partial charge in [0.15, 0.2) is 0 Å². The maximum absolute atomic E-state index is 10.4. The van der Waals surface area contributed by atoms with Crippen LogP contribution in [0.5, 0.6) is 0 Å². The van der Waals surface area contributed by atoms with Crippen LogP contribution in [0.4, 0.5) is 0 Å². The van der Waals surface area contributed by atoms with E-state index in [1.165, 1.54) is 6.92 Å². The molecule has 0 aliphatic rings. The number of carbonyl (C=O) groups excluding carboxylic acids is 1. The molecular formula is C5H8N2O3. The molecule has 5 nitrogen and oxygen atoms in total. The first-order valence-corrected chi connectivity index (χ1v) is 2.65. The van der Waals surface area contributed by atoms with Gasteiger partial charge in [-0.3, -0.25) is 14.9 Å². The minimum atomic E-state index is -1.44. The highest BCUT2D eigenvalue weighted by atomic mass is 16.6. The standard InChI is InChI=1S/C5H8N2O3/c1-3(6)5(4(2)8)7(9)10/h5-6H,1-2H3/t5-/m1/s1. The van der Waals surface area contributed by atoms with Gasteiger partial charge in [0.1, 0.15) is 0 Å². The molecule has 0 bridgehead atoms. The van der Waals surface area contributed by atoms with Crippen LogP contribution < -0.4 is 0 Å². The highest BCUT2D eigenvalue weighted by Gasteiger charge is 2.27. The molecule has 10 heavy (non-hydrogen) atoms. The molecule has 0 rings (SSSR count). The molecule has 56 valence electrons. The molecule has 0 aliphatic carbocycles. The zero-order valence-corrected chi connectivity index (χ0v) is 5.75. The van der Waals surface area contributed by atoms with Gasteiger partial charge in [-0.1, -0.05) is 0 Å². The molecule has 5 heteroatoms. The van der Waals surface area contributed by atoms with Gasteiger partial charge in [0, 0.05) is 11.8 Å². The van der Waals surface area contributed by atoms with Crippen molar-refractivity contribution >= 4 is 11.5 Å². The Kier molecular flexibility index (Phi) is 2.66. The van der Waals surface area contributed by atoms with E-state index in [1.54, 1.807) is 0 Å². The van der Waals surface area contributed by atoms with Crippen LogP contribution in [-0.4, -0.2) is 22.5 Å². The number of nitrogens with zero attached hydrogens (tertiary/aromatic N) is 1. The first kappa shape index (κ1) is 8.74. The van der Waals surface area contributed by atoms with E-state index in [9.17, 15) is 14.9 Å². The molecule has 0 saturated carbocycles. The van der Waals surface area contributed by atoms with Gasteiger partial charge < -0.3 is 5.41 Å². The van der Waals surface area contributed by atoms with Gasteiger partial charge in [0.25, 0.3) is 0 Å². The summed E-state index contributed by atoms with van der Waals surface area (Å²) in [6, 6.07) is -1.44. The van der Waals surface area contributed by atoms with Crippen LogP contribution >= 0.6 is 0 Å². The SMILES string of the molecule is CC(=N)[C@H](C(C)=O)[N+](=O)[O-]. The lowest BCUT2D eigenvalue weighted by Crippen LogP contribution is -2.33. The molecule has 0 saturated heterocycles. The van der Waals surface area contributed by atoms with Crippen molar-refractivity contribution < 1.29 is 9.72 Å². The Hall–Kier alpha value is -1.26. The molecule has 0 spiro atoms. The fourth-order valence-electron chi connectivity index (χ4n) is 0.611. The third-order valence-corrected chi connectivity index (χ3v) is 1.01. The second kappa shape index (κ2) is 3.05. The average Bonchev–Trinajstić information content (AvgIpc) is 1.59. The van der Waals surface area contributed by atoms with Crippen molar-refractivity contribution in [2.45, 2.75) is 19.9 Å². The van der Waals surface area contributed by atoms with Crippen molar-refractivity contribution in [3.8, 4) is 0 Å². The summed E-state index contributed by atoms with van der Waals surface area (Å²) in [5.41, 5.74) is -0.225. The molecule has 0 fully saturated rings. The second-order valence-corrected chi connectivity index (χ2v) is 1.98. The van der Waals surface area contributed by atoms with Gasteiger partial charge in [0.05, 0.1) is 5.71 Å². The van der Waals surface area contributed by atoms with Gasteiger partial charge in [0.2, 0.25) is 5.78 Å². The maximum Gasteiger partial charge on any atom is 0.306 e. The molecule has 0 aromatic rings. The predicted molar refractivity (Wildman–Crippen MR) is 34.9 cm³/mol. The molecule has 1 N–H and O–H groups in total. The Bertz CT molecular complexity index is 154. The fraction of sp³-hybridized carbons (Fsp3) is 0.600. The zero-order valence-electron chi connectivity index (χ0n) is 5.75. The van der Waals surface area contributed by atoms with Crippen LogP contribution in [-0.2, 0) is 4.79 Å². The summed E-state index contributed by atoms with van der Waals surface area (Å²) in [5.74, 6) is -0.600. The molecule has 0 aromatic heterocycles. The average molecular weight is 144 g/mol. The van der Waals surface area contributed by atoms with E-state index >= 15 is 0 Å². The molecule has 0 unspecified atom stereocenters. The minimum absolute atomic E-state index is 0.225. The van der Waals surface area contributed by atoms with E-state index in [-0.39, 0.29) is 5.71 Å². The number of Topliss-reactive ketones (excluding diaryl/α,β-unsaturated/α-hetero) is 1. The molecular weight excluding hydrogens is 136 g/mol. The summed E-state index contributed by atoms with van der Waals surface area (Å²) >= 11 is 0. The van der Waals surface area contributed by atoms with Crippen LogP contribution in [0.1, 0.15) is 13.8 Å². The summed E-state index contributed by atoms with van der Waals surface area (Å²) in [4.78, 5) is 19.7. The van der Waals surface area contributed by atoms with E-state index in [0.29, 0.717) is 0 Å². The number of nitro groups is 1.